The number of anilines is 1. The largest absolute Gasteiger partial charge is 0.370 e. The normalized spacial score (nSPS) is 10.9. The third-order valence-corrected chi connectivity index (χ3v) is 3.41. The van der Waals surface area contributed by atoms with Crippen LogP contribution in [0.2, 0.25) is 0 Å². The summed E-state index contributed by atoms with van der Waals surface area (Å²) >= 11 is 1.86. The zero-order chi connectivity index (χ0) is 12.8. The van der Waals surface area contributed by atoms with Gasteiger partial charge in [-0.25, -0.2) is 9.97 Å². The van der Waals surface area contributed by atoms with Gasteiger partial charge in [-0.15, -0.1) is 0 Å². The summed E-state index contributed by atoms with van der Waals surface area (Å²) in [6, 6.07) is 0. The average molecular weight is 253 g/mol. The number of thioether (sulfide) groups is 1. The standard InChI is InChI=1S/C13H23N3S/c1-6-14-13-12(9(3)4)10(5)15-11(16-13)8-17-7-2/h9H,6-8H2,1-5H3,(H,14,15,16). The summed E-state index contributed by atoms with van der Waals surface area (Å²) in [4.78, 5) is 9.24. The fraction of sp³-hybridized carbons (Fsp3) is 0.692. The van der Waals surface area contributed by atoms with Crippen LogP contribution in [0.3, 0.4) is 0 Å². The molecule has 4 heteroatoms. The Bertz CT molecular complexity index is 364. The number of nitrogens with one attached hydrogen (secondary N) is 1. The van der Waals surface area contributed by atoms with E-state index < -0.39 is 0 Å². The van der Waals surface area contributed by atoms with Gasteiger partial charge in [0.2, 0.25) is 0 Å². The molecule has 0 unspecified atom stereocenters. The maximum absolute atomic E-state index is 4.64. The lowest BCUT2D eigenvalue weighted by atomic mass is 10.0. The van der Waals surface area contributed by atoms with Gasteiger partial charge >= 0.3 is 0 Å². The smallest absolute Gasteiger partial charge is 0.140 e. The zero-order valence-corrected chi connectivity index (χ0v) is 12.3. The van der Waals surface area contributed by atoms with Gasteiger partial charge in [-0.3, -0.25) is 0 Å². The monoisotopic (exact) mass is 253 g/mol. The van der Waals surface area contributed by atoms with E-state index in [0.717, 1.165) is 35.4 Å². The molecule has 1 heterocycles. The van der Waals surface area contributed by atoms with Gasteiger partial charge in [-0.05, 0) is 25.5 Å². The van der Waals surface area contributed by atoms with E-state index >= 15 is 0 Å². The minimum Gasteiger partial charge on any atom is -0.370 e. The lowest BCUT2D eigenvalue weighted by Crippen LogP contribution is -2.10. The summed E-state index contributed by atoms with van der Waals surface area (Å²) in [5.41, 5.74) is 2.36. The van der Waals surface area contributed by atoms with Crippen LogP contribution in [0.15, 0.2) is 0 Å². The van der Waals surface area contributed by atoms with Crippen molar-refractivity contribution >= 4 is 17.6 Å². The first-order chi connectivity index (χ1) is 8.10. The van der Waals surface area contributed by atoms with Crippen molar-refractivity contribution in [3.63, 3.8) is 0 Å². The molecule has 96 valence electrons. The maximum atomic E-state index is 4.64. The molecule has 0 aliphatic rings. The van der Waals surface area contributed by atoms with Crippen LogP contribution in [0.4, 0.5) is 5.82 Å². The lowest BCUT2D eigenvalue weighted by Gasteiger charge is -2.16. The Morgan fingerprint density at radius 3 is 2.47 bits per heavy atom. The Hall–Kier alpha value is -0.770. The Morgan fingerprint density at radius 1 is 1.24 bits per heavy atom. The lowest BCUT2D eigenvalue weighted by molar-refractivity contribution is 0.818. The van der Waals surface area contributed by atoms with Crippen molar-refractivity contribution in [2.75, 3.05) is 17.6 Å². The number of rotatable bonds is 6. The molecule has 0 saturated heterocycles. The van der Waals surface area contributed by atoms with E-state index in [9.17, 15) is 0 Å². The van der Waals surface area contributed by atoms with Crippen LogP contribution in [0, 0.1) is 6.92 Å². The third kappa shape index (κ3) is 3.87. The summed E-state index contributed by atoms with van der Waals surface area (Å²) in [6.07, 6.45) is 0. The number of aryl methyl sites for hydroxylation is 1. The summed E-state index contributed by atoms with van der Waals surface area (Å²) in [6.45, 7) is 11.6. The van der Waals surface area contributed by atoms with E-state index in [1.165, 1.54) is 5.56 Å². The van der Waals surface area contributed by atoms with Crippen molar-refractivity contribution < 1.29 is 0 Å². The van der Waals surface area contributed by atoms with E-state index in [0.29, 0.717) is 5.92 Å². The Kier molecular flexibility index (Phi) is 5.75. The molecule has 3 nitrogen and oxygen atoms in total. The van der Waals surface area contributed by atoms with Crippen molar-refractivity contribution in [1.29, 1.82) is 0 Å². The van der Waals surface area contributed by atoms with Crippen LogP contribution in [-0.2, 0) is 5.75 Å². The van der Waals surface area contributed by atoms with Crippen LogP contribution in [-0.4, -0.2) is 22.3 Å². The molecule has 0 aliphatic carbocycles. The molecule has 0 aliphatic heterocycles. The molecule has 1 rings (SSSR count). The fourth-order valence-corrected chi connectivity index (χ4v) is 2.41. The zero-order valence-electron chi connectivity index (χ0n) is 11.5. The number of aromatic nitrogens is 2. The minimum atomic E-state index is 0.455. The van der Waals surface area contributed by atoms with Crippen molar-refractivity contribution in [2.24, 2.45) is 0 Å². The molecule has 1 N–H and O–H groups in total. The Labute approximate surface area is 109 Å². The second kappa shape index (κ2) is 6.84. The van der Waals surface area contributed by atoms with Gasteiger partial charge in [0.05, 0.1) is 5.75 Å². The van der Waals surface area contributed by atoms with Crippen LogP contribution in [0.25, 0.3) is 0 Å². The molecule has 0 atom stereocenters. The third-order valence-electron chi connectivity index (χ3n) is 2.54. The molecule has 0 bridgehead atoms. The van der Waals surface area contributed by atoms with Crippen LogP contribution in [0.1, 0.15) is 50.7 Å². The van der Waals surface area contributed by atoms with Crippen molar-refractivity contribution in [3.05, 3.63) is 17.1 Å². The molecule has 1 aromatic rings. The van der Waals surface area contributed by atoms with E-state index in [1.54, 1.807) is 0 Å². The second-order valence-corrected chi connectivity index (χ2v) is 5.58. The van der Waals surface area contributed by atoms with Crippen molar-refractivity contribution in [2.45, 2.75) is 46.3 Å². The minimum absolute atomic E-state index is 0.455. The summed E-state index contributed by atoms with van der Waals surface area (Å²) in [5, 5.41) is 3.35. The van der Waals surface area contributed by atoms with Crippen molar-refractivity contribution in [1.82, 2.24) is 9.97 Å². The highest BCUT2D eigenvalue weighted by Crippen LogP contribution is 2.25. The first-order valence-electron chi connectivity index (χ1n) is 6.29. The quantitative estimate of drug-likeness (QED) is 0.840. The Balaban J connectivity index is 3.06. The molecule has 0 fully saturated rings. The van der Waals surface area contributed by atoms with E-state index in [2.05, 4.69) is 49.9 Å². The molecule has 0 spiro atoms. The highest BCUT2D eigenvalue weighted by atomic mass is 32.2. The summed E-state index contributed by atoms with van der Waals surface area (Å²) in [5.74, 6) is 4.41. The fourth-order valence-electron chi connectivity index (χ4n) is 1.89. The molecule has 0 radical (unpaired) electrons. The maximum Gasteiger partial charge on any atom is 0.140 e. The van der Waals surface area contributed by atoms with Gasteiger partial charge in [0.1, 0.15) is 11.6 Å². The second-order valence-electron chi connectivity index (χ2n) is 4.31. The molecule has 0 amide bonds. The van der Waals surface area contributed by atoms with E-state index in [-0.39, 0.29) is 0 Å². The predicted molar refractivity (Wildman–Crippen MR) is 76.9 cm³/mol. The molecule has 1 aromatic heterocycles. The molecular weight excluding hydrogens is 230 g/mol. The summed E-state index contributed by atoms with van der Waals surface area (Å²) < 4.78 is 0. The topological polar surface area (TPSA) is 37.8 Å². The Morgan fingerprint density at radius 2 is 1.94 bits per heavy atom. The highest BCUT2D eigenvalue weighted by Gasteiger charge is 2.13. The number of nitrogens with zero attached hydrogens (tertiary/aromatic N) is 2. The van der Waals surface area contributed by atoms with Crippen LogP contribution < -0.4 is 5.32 Å². The van der Waals surface area contributed by atoms with Crippen molar-refractivity contribution in [3.8, 4) is 0 Å². The molecule has 17 heavy (non-hydrogen) atoms. The first kappa shape index (κ1) is 14.3. The van der Waals surface area contributed by atoms with E-state index in [4.69, 9.17) is 0 Å². The van der Waals surface area contributed by atoms with Crippen LogP contribution in [0.5, 0.6) is 0 Å². The number of hydrogen-bond acceptors (Lipinski definition) is 4. The van der Waals surface area contributed by atoms with Gasteiger partial charge in [0.15, 0.2) is 0 Å². The predicted octanol–water partition coefficient (Wildman–Crippen LogP) is 3.59. The SMILES string of the molecule is CCNc1nc(CSCC)nc(C)c1C(C)C. The number of hydrogen-bond donors (Lipinski definition) is 1. The molecule has 0 aromatic carbocycles. The van der Waals surface area contributed by atoms with Gasteiger partial charge in [-0.1, -0.05) is 20.8 Å². The van der Waals surface area contributed by atoms with Gasteiger partial charge < -0.3 is 5.32 Å². The van der Waals surface area contributed by atoms with Crippen LogP contribution >= 0.6 is 11.8 Å². The summed E-state index contributed by atoms with van der Waals surface area (Å²) in [7, 11) is 0. The van der Waals surface area contributed by atoms with E-state index in [1.807, 2.05) is 11.8 Å². The van der Waals surface area contributed by atoms with Gasteiger partial charge in [0, 0.05) is 17.8 Å². The van der Waals surface area contributed by atoms with Gasteiger partial charge in [-0.2, -0.15) is 11.8 Å². The first-order valence-corrected chi connectivity index (χ1v) is 7.44. The average Bonchev–Trinajstić information content (AvgIpc) is 2.25. The van der Waals surface area contributed by atoms with Gasteiger partial charge in [0.25, 0.3) is 0 Å². The molecular formula is C13H23N3S. The molecule has 0 saturated carbocycles. The highest BCUT2D eigenvalue weighted by molar-refractivity contribution is 7.98.